The number of carbonyl (C=O) groups excluding carboxylic acids is 1. The Bertz CT molecular complexity index is 543. The van der Waals surface area contributed by atoms with Crippen LogP contribution in [0.1, 0.15) is 77.6 Å². The Morgan fingerprint density at radius 3 is 2.62 bits per heavy atom. The third-order valence-corrected chi connectivity index (χ3v) is 6.56. The summed E-state index contributed by atoms with van der Waals surface area (Å²) in [7, 11) is 2.33. The number of ether oxygens (including phenoxy) is 2. The summed E-state index contributed by atoms with van der Waals surface area (Å²) >= 11 is 0. The molecule has 1 aliphatic carbocycles. The number of hydrogen-bond acceptors (Lipinski definition) is 5. The first-order valence-corrected chi connectivity index (χ1v) is 11.5. The first kappa shape index (κ1) is 24.5. The predicted molar refractivity (Wildman–Crippen MR) is 114 cm³/mol. The molecular weight excluding hydrogens is 391 g/mol. The molecule has 166 valence electrons. The van der Waals surface area contributed by atoms with E-state index in [0.29, 0.717) is 19.6 Å². The average Bonchev–Trinajstić information content (AvgIpc) is 3.28. The van der Waals surface area contributed by atoms with Crippen LogP contribution in [0.3, 0.4) is 0 Å². The van der Waals surface area contributed by atoms with Crippen LogP contribution in [0.4, 0.5) is 0 Å². The van der Waals surface area contributed by atoms with Crippen molar-refractivity contribution in [3.8, 4) is 0 Å². The molecule has 1 saturated heterocycles. The second kappa shape index (κ2) is 12.8. The van der Waals surface area contributed by atoms with Gasteiger partial charge in [0.25, 0.3) is 0 Å². The summed E-state index contributed by atoms with van der Waals surface area (Å²) in [5.41, 5.74) is 0. The van der Waals surface area contributed by atoms with Gasteiger partial charge in [-0.2, -0.15) is 0 Å². The minimum absolute atomic E-state index is 0.0121. The normalized spacial score (nSPS) is 26.6. The minimum atomic E-state index is -0.916. The van der Waals surface area contributed by atoms with Crippen molar-refractivity contribution in [2.45, 2.75) is 89.4 Å². The summed E-state index contributed by atoms with van der Waals surface area (Å²) in [6.45, 7) is 3.48. The van der Waals surface area contributed by atoms with Crippen LogP contribution in [0.15, 0.2) is 12.2 Å². The summed E-state index contributed by atoms with van der Waals surface area (Å²) < 4.78 is 17.6. The highest BCUT2D eigenvalue weighted by Gasteiger charge is 2.44. The SMILES string of the molecule is CCCCCC1(CC[C@H]2C(OP)CC(=O)C2CCCC/C=C/C(=O)O)OCCO1. The van der Waals surface area contributed by atoms with Gasteiger partial charge < -0.3 is 19.1 Å². The second-order valence-electron chi connectivity index (χ2n) is 8.24. The number of carboxylic acids is 1. The number of carbonyl (C=O) groups is 2. The minimum Gasteiger partial charge on any atom is -0.478 e. The fourth-order valence-corrected chi connectivity index (χ4v) is 4.96. The third-order valence-electron chi connectivity index (χ3n) is 6.21. The van der Waals surface area contributed by atoms with Crippen LogP contribution in [0.5, 0.6) is 0 Å². The van der Waals surface area contributed by atoms with Crippen molar-refractivity contribution in [3.63, 3.8) is 0 Å². The van der Waals surface area contributed by atoms with Gasteiger partial charge in [-0.1, -0.05) is 32.3 Å². The summed E-state index contributed by atoms with van der Waals surface area (Å²) in [6, 6.07) is 0. The number of hydrogen-bond donors (Lipinski definition) is 1. The van der Waals surface area contributed by atoms with Crippen molar-refractivity contribution in [2.75, 3.05) is 13.2 Å². The van der Waals surface area contributed by atoms with E-state index in [2.05, 4.69) is 16.4 Å². The van der Waals surface area contributed by atoms with Crippen molar-refractivity contribution in [3.05, 3.63) is 12.2 Å². The van der Waals surface area contributed by atoms with Gasteiger partial charge in [0.15, 0.2) is 5.79 Å². The molecule has 29 heavy (non-hydrogen) atoms. The number of aliphatic carboxylic acids is 1. The highest BCUT2D eigenvalue weighted by molar-refractivity contribution is 7.09. The molecule has 1 saturated carbocycles. The molecule has 6 nitrogen and oxygen atoms in total. The fraction of sp³-hybridized carbons (Fsp3) is 0.818. The molecule has 1 N–H and O–H groups in total. The van der Waals surface area contributed by atoms with Crippen LogP contribution in [-0.4, -0.2) is 42.0 Å². The number of Topliss-reactive ketones (excluding diaryl/α,β-unsaturated/α-hetero) is 1. The van der Waals surface area contributed by atoms with Gasteiger partial charge in [-0.05, 0) is 38.0 Å². The molecule has 7 heteroatoms. The molecule has 3 unspecified atom stereocenters. The van der Waals surface area contributed by atoms with Gasteiger partial charge in [0.2, 0.25) is 0 Å². The lowest BCUT2D eigenvalue weighted by molar-refractivity contribution is -0.171. The largest absolute Gasteiger partial charge is 0.478 e. The van der Waals surface area contributed by atoms with Crippen molar-refractivity contribution in [2.24, 2.45) is 11.8 Å². The Kier molecular flexibility index (Phi) is 10.8. The van der Waals surface area contributed by atoms with Crippen LogP contribution in [0.25, 0.3) is 0 Å². The monoisotopic (exact) mass is 428 g/mol. The van der Waals surface area contributed by atoms with Crippen molar-refractivity contribution >= 4 is 21.2 Å². The van der Waals surface area contributed by atoms with Crippen molar-refractivity contribution in [1.82, 2.24) is 0 Å². The van der Waals surface area contributed by atoms with E-state index in [1.54, 1.807) is 6.08 Å². The highest BCUT2D eigenvalue weighted by atomic mass is 31.0. The zero-order chi connectivity index (χ0) is 21.1. The lowest BCUT2D eigenvalue weighted by Crippen LogP contribution is -2.33. The van der Waals surface area contributed by atoms with E-state index in [9.17, 15) is 9.59 Å². The van der Waals surface area contributed by atoms with E-state index >= 15 is 0 Å². The van der Waals surface area contributed by atoms with E-state index in [1.165, 1.54) is 18.9 Å². The van der Waals surface area contributed by atoms with E-state index in [1.807, 2.05) is 0 Å². The lowest BCUT2D eigenvalue weighted by atomic mass is 9.84. The zero-order valence-electron chi connectivity index (χ0n) is 17.6. The Hall–Kier alpha value is -0.810. The summed E-state index contributed by atoms with van der Waals surface area (Å²) in [5.74, 6) is -0.917. The zero-order valence-corrected chi connectivity index (χ0v) is 18.8. The van der Waals surface area contributed by atoms with Gasteiger partial charge in [-0.3, -0.25) is 4.79 Å². The van der Waals surface area contributed by atoms with Gasteiger partial charge in [0.05, 0.1) is 19.3 Å². The van der Waals surface area contributed by atoms with Gasteiger partial charge in [0.1, 0.15) is 5.78 Å². The second-order valence-corrected chi connectivity index (χ2v) is 8.52. The molecule has 2 fully saturated rings. The molecular formula is C22H37O6P. The molecule has 0 spiro atoms. The number of unbranched alkanes of at least 4 members (excludes halogenated alkanes) is 4. The maximum atomic E-state index is 12.6. The first-order chi connectivity index (χ1) is 14.0. The Balaban J connectivity index is 1.88. The summed E-state index contributed by atoms with van der Waals surface area (Å²) in [5, 5.41) is 8.64. The van der Waals surface area contributed by atoms with Gasteiger partial charge in [-0.15, -0.1) is 0 Å². The smallest absolute Gasteiger partial charge is 0.327 e. The van der Waals surface area contributed by atoms with E-state index in [4.69, 9.17) is 19.1 Å². The first-order valence-electron chi connectivity index (χ1n) is 11.1. The maximum Gasteiger partial charge on any atom is 0.327 e. The summed E-state index contributed by atoms with van der Waals surface area (Å²) in [6.07, 6.45) is 12.6. The lowest BCUT2D eigenvalue weighted by Gasteiger charge is -2.31. The van der Waals surface area contributed by atoms with Crippen LogP contribution in [0, 0.1) is 11.8 Å². The summed E-state index contributed by atoms with van der Waals surface area (Å²) in [4.78, 5) is 23.1. The van der Waals surface area contributed by atoms with Gasteiger partial charge in [-0.25, -0.2) is 4.79 Å². The highest BCUT2D eigenvalue weighted by Crippen LogP contribution is 2.41. The van der Waals surface area contributed by atoms with Crippen LogP contribution in [0.2, 0.25) is 0 Å². The third kappa shape index (κ3) is 7.75. The molecule has 2 rings (SSSR count). The molecule has 0 aromatic carbocycles. The van der Waals surface area contributed by atoms with E-state index in [0.717, 1.165) is 51.4 Å². The Morgan fingerprint density at radius 2 is 1.97 bits per heavy atom. The number of rotatable bonds is 14. The van der Waals surface area contributed by atoms with Crippen LogP contribution >= 0.6 is 9.47 Å². The standard InChI is InChI=1S/C22H37O6P/c1-2-3-8-12-22(26-14-15-27-22)13-11-18-17(19(23)16-20(18)28-29)9-6-4-5-7-10-21(24)25/h7,10,17-18,20H,2-6,8-9,11-16,29H2,1H3,(H,24,25)/b10-7+/t17?,18-,20?/m1/s1. The van der Waals surface area contributed by atoms with Gasteiger partial charge in [0, 0.05) is 40.7 Å². The van der Waals surface area contributed by atoms with Crippen molar-refractivity contribution in [1.29, 1.82) is 0 Å². The number of allylic oxidation sites excluding steroid dienone is 1. The molecule has 0 aromatic heterocycles. The Labute approximate surface area is 177 Å². The topological polar surface area (TPSA) is 82.1 Å². The molecule has 0 aromatic rings. The predicted octanol–water partition coefficient (Wildman–Crippen LogP) is 4.67. The number of carboxylic acid groups (broad SMARTS) is 1. The molecule has 0 amide bonds. The molecule has 0 radical (unpaired) electrons. The quantitative estimate of drug-likeness (QED) is 0.246. The molecule has 1 heterocycles. The molecule has 2 aliphatic rings. The molecule has 4 atom stereocenters. The average molecular weight is 429 g/mol. The van der Waals surface area contributed by atoms with E-state index < -0.39 is 11.8 Å². The van der Waals surface area contributed by atoms with Gasteiger partial charge >= 0.3 is 5.97 Å². The number of ketones is 1. The Morgan fingerprint density at radius 1 is 1.21 bits per heavy atom. The molecule has 0 bridgehead atoms. The van der Waals surface area contributed by atoms with E-state index in [-0.39, 0.29) is 23.7 Å². The van der Waals surface area contributed by atoms with Crippen LogP contribution < -0.4 is 0 Å². The molecule has 1 aliphatic heterocycles. The maximum absolute atomic E-state index is 12.6. The fourth-order valence-electron chi connectivity index (χ4n) is 4.66. The van der Waals surface area contributed by atoms with Crippen molar-refractivity contribution < 1.29 is 28.7 Å². The van der Waals surface area contributed by atoms with Crippen LogP contribution in [-0.2, 0) is 23.6 Å².